The number of benzene rings is 1. The summed E-state index contributed by atoms with van der Waals surface area (Å²) >= 11 is 0. The molecule has 1 aromatic carbocycles. The summed E-state index contributed by atoms with van der Waals surface area (Å²) < 4.78 is 0. The van der Waals surface area contributed by atoms with Crippen LogP contribution in [0.25, 0.3) is 0 Å². The molecular formula is C13H21NO. The van der Waals surface area contributed by atoms with Gasteiger partial charge in [-0.25, -0.2) is 0 Å². The Morgan fingerprint density at radius 1 is 1.13 bits per heavy atom. The minimum absolute atomic E-state index is 0.273. The Morgan fingerprint density at radius 2 is 1.80 bits per heavy atom. The molecule has 1 aromatic rings. The fourth-order valence-electron chi connectivity index (χ4n) is 1.48. The Kier molecular flexibility index (Phi) is 4.15. The van der Waals surface area contributed by atoms with E-state index in [9.17, 15) is 5.11 Å². The van der Waals surface area contributed by atoms with E-state index in [1.165, 1.54) is 0 Å². The van der Waals surface area contributed by atoms with E-state index < -0.39 is 0 Å². The van der Waals surface area contributed by atoms with Gasteiger partial charge in [-0.3, -0.25) is 0 Å². The molecule has 0 aliphatic heterocycles. The molecule has 0 saturated heterocycles. The van der Waals surface area contributed by atoms with Gasteiger partial charge in [-0.1, -0.05) is 26.0 Å². The predicted octanol–water partition coefficient (Wildman–Crippen LogP) is 3.09. The highest BCUT2D eigenvalue weighted by molar-refractivity contribution is 5.29. The molecule has 2 N–H and O–H groups in total. The summed E-state index contributed by atoms with van der Waals surface area (Å²) in [4.78, 5) is 0. The molecule has 0 saturated carbocycles. The Labute approximate surface area is 92.3 Å². The third-order valence-corrected chi connectivity index (χ3v) is 2.88. The second-order valence-electron chi connectivity index (χ2n) is 4.52. The Hall–Kier alpha value is -1.02. The maximum atomic E-state index is 9.38. The van der Waals surface area contributed by atoms with E-state index in [1.807, 2.05) is 18.2 Å². The fraction of sp³-hybridized carbons (Fsp3) is 0.538. The van der Waals surface area contributed by atoms with Crippen molar-refractivity contribution in [2.75, 3.05) is 0 Å². The summed E-state index contributed by atoms with van der Waals surface area (Å²) in [5.74, 6) is 0.947. The summed E-state index contributed by atoms with van der Waals surface area (Å²) in [6, 6.07) is 8.16. The van der Waals surface area contributed by atoms with Crippen LogP contribution in [0.4, 0.5) is 0 Å². The maximum absolute atomic E-state index is 9.38. The molecule has 0 heterocycles. The van der Waals surface area contributed by atoms with Crippen molar-refractivity contribution in [2.45, 2.75) is 39.8 Å². The lowest BCUT2D eigenvalue weighted by Gasteiger charge is -2.23. The van der Waals surface area contributed by atoms with E-state index in [1.54, 1.807) is 6.07 Å². The molecule has 2 nitrogen and oxygen atoms in total. The van der Waals surface area contributed by atoms with Crippen molar-refractivity contribution < 1.29 is 5.11 Å². The van der Waals surface area contributed by atoms with E-state index in [0.29, 0.717) is 17.7 Å². The standard InChI is InChI=1S/C13H21NO/c1-9(2)10(3)14-11(4)12-6-5-7-13(15)8-12/h5-11,14-15H,1-4H3. The van der Waals surface area contributed by atoms with Gasteiger partial charge in [-0.15, -0.1) is 0 Å². The minimum Gasteiger partial charge on any atom is -0.508 e. The molecular weight excluding hydrogens is 186 g/mol. The smallest absolute Gasteiger partial charge is 0.115 e. The van der Waals surface area contributed by atoms with Crippen LogP contribution in [0, 0.1) is 5.92 Å². The minimum atomic E-state index is 0.273. The molecule has 0 aliphatic rings. The summed E-state index contributed by atoms with van der Waals surface area (Å²) in [7, 11) is 0. The number of phenols is 1. The average molecular weight is 207 g/mol. The van der Waals surface area contributed by atoms with Crippen LogP contribution >= 0.6 is 0 Å². The number of phenolic OH excluding ortho intramolecular Hbond substituents is 1. The highest BCUT2D eigenvalue weighted by Gasteiger charge is 2.12. The monoisotopic (exact) mass is 207 g/mol. The van der Waals surface area contributed by atoms with Crippen molar-refractivity contribution >= 4 is 0 Å². The summed E-state index contributed by atoms with van der Waals surface area (Å²) in [5.41, 5.74) is 1.13. The molecule has 2 atom stereocenters. The van der Waals surface area contributed by atoms with Crippen molar-refractivity contribution in [2.24, 2.45) is 5.92 Å². The van der Waals surface area contributed by atoms with Crippen LogP contribution in [0.3, 0.4) is 0 Å². The zero-order valence-electron chi connectivity index (χ0n) is 9.99. The highest BCUT2D eigenvalue weighted by Crippen LogP contribution is 2.19. The van der Waals surface area contributed by atoms with Crippen LogP contribution in [0.2, 0.25) is 0 Å². The van der Waals surface area contributed by atoms with Crippen LogP contribution in [-0.2, 0) is 0 Å². The topological polar surface area (TPSA) is 32.3 Å². The van der Waals surface area contributed by atoms with Gasteiger partial charge in [0.25, 0.3) is 0 Å². The van der Waals surface area contributed by atoms with Gasteiger partial charge in [-0.05, 0) is 37.5 Å². The predicted molar refractivity (Wildman–Crippen MR) is 64.0 cm³/mol. The largest absolute Gasteiger partial charge is 0.508 e. The van der Waals surface area contributed by atoms with Crippen LogP contribution in [0.1, 0.15) is 39.3 Å². The molecule has 0 amide bonds. The maximum Gasteiger partial charge on any atom is 0.115 e. The van der Waals surface area contributed by atoms with Crippen molar-refractivity contribution in [1.82, 2.24) is 5.32 Å². The zero-order chi connectivity index (χ0) is 11.4. The molecule has 0 aromatic heterocycles. The van der Waals surface area contributed by atoms with Crippen LogP contribution in [-0.4, -0.2) is 11.1 Å². The quantitative estimate of drug-likeness (QED) is 0.795. The number of hydrogen-bond acceptors (Lipinski definition) is 2. The molecule has 2 unspecified atom stereocenters. The third kappa shape index (κ3) is 3.56. The molecule has 0 fully saturated rings. The van der Waals surface area contributed by atoms with Gasteiger partial charge in [-0.2, -0.15) is 0 Å². The molecule has 15 heavy (non-hydrogen) atoms. The molecule has 0 radical (unpaired) electrons. The Bertz CT molecular complexity index is 309. The van der Waals surface area contributed by atoms with Crippen molar-refractivity contribution in [3.63, 3.8) is 0 Å². The van der Waals surface area contributed by atoms with Gasteiger partial charge in [0.15, 0.2) is 0 Å². The van der Waals surface area contributed by atoms with Crippen LogP contribution < -0.4 is 5.32 Å². The molecule has 1 rings (SSSR count). The normalized spacial score (nSPS) is 15.3. The lowest BCUT2D eigenvalue weighted by molar-refractivity contribution is 0.387. The van der Waals surface area contributed by atoms with E-state index in [2.05, 4.69) is 33.0 Å². The molecule has 84 valence electrons. The van der Waals surface area contributed by atoms with E-state index in [0.717, 1.165) is 5.56 Å². The first-order valence-electron chi connectivity index (χ1n) is 5.55. The van der Waals surface area contributed by atoms with Gasteiger partial charge in [0.05, 0.1) is 0 Å². The van der Waals surface area contributed by atoms with Gasteiger partial charge in [0, 0.05) is 12.1 Å². The summed E-state index contributed by atoms with van der Waals surface area (Å²) in [6.07, 6.45) is 0. The Morgan fingerprint density at radius 3 is 2.33 bits per heavy atom. The van der Waals surface area contributed by atoms with Crippen molar-refractivity contribution in [3.05, 3.63) is 29.8 Å². The first-order chi connectivity index (χ1) is 7.00. The first kappa shape index (κ1) is 12.1. The van der Waals surface area contributed by atoms with E-state index in [-0.39, 0.29) is 6.04 Å². The fourth-order valence-corrected chi connectivity index (χ4v) is 1.48. The molecule has 0 aliphatic carbocycles. The molecule has 0 spiro atoms. The SMILES string of the molecule is CC(NC(C)C(C)C)c1cccc(O)c1. The lowest BCUT2D eigenvalue weighted by atomic mass is 10.0. The van der Waals surface area contributed by atoms with Crippen LogP contribution in [0.5, 0.6) is 5.75 Å². The first-order valence-corrected chi connectivity index (χ1v) is 5.55. The van der Waals surface area contributed by atoms with Gasteiger partial charge in [0.2, 0.25) is 0 Å². The highest BCUT2D eigenvalue weighted by atomic mass is 16.3. The lowest BCUT2D eigenvalue weighted by Crippen LogP contribution is -2.32. The van der Waals surface area contributed by atoms with E-state index >= 15 is 0 Å². The Balaban J connectivity index is 2.64. The zero-order valence-corrected chi connectivity index (χ0v) is 9.99. The molecule has 0 bridgehead atoms. The number of hydrogen-bond donors (Lipinski definition) is 2. The summed E-state index contributed by atoms with van der Waals surface area (Å²) in [5, 5.41) is 12.9. The van der Waals surface area contributed by atoms with Gasteiger partial charge < -0.3 is 10.4 Å². The van der Waals surface area contributed by atoms with E-state index in [4.69, 9.17) is 0 Å². The molecule has 2 heteroatoms. The number of nitrogens with one attached hydrogen (secondary N) is 1. The third-order valence-electron chi connectivity index (χ3n) is 2.88. The number of rotatable bonds is 4. The van der Waals surface area contributed by atoms with Crippen LogP contribution in [0.15, 0.2) is 24.3 Å². The number of aromatic hydroxyl groups is 1. The van der Waals surface area contributed by atoms with Crippen molar-refractivity contribution in [1.29, 1.82) is 0 Å². The average Bonchev–Trinajstić information content (AvgIpc) is 2.17. The second kappa shape index (κ2) is 5.17. The van der Waals surface area contributed by atoms with Crippen molar-refractivity contribution in [3.8, 4) is 5.75 Å². The van der Waals surface area contributed by atoms with Gasteiger partial charge in [0.1, 0.15) is 5.75 Å². The van der Waals surface area contributed by atoms with Gasteiger partial charge >= 0.3 is 0 Å². The second-order valence-corrected chi connectivity index (χ2v) is 4.52. The summed E-state index contributed by atoms with van der Waals surface area (Å²) in [6.45, 7) is 8.71.